The van der Waals surface area contributed by atoms with Crippen LogP contribution in [0.3, 0.4) is 0 Å². The number of carbonyl (C=O) groups is 2. The van der Waals surface area contributed by atoms with E-state index in [0.29, 0.717) is 67.0 Å². The molecule has 0 atom stereocenters. The SMILES string of the molecule is COc1ccc(CN2C(=O)C(C)(C)c3c(N4CCC(c5nc(-c6noc(C(F)F)n6)ccc5NCCOC(C)=O)CC4)ncnc32)c(OC)c1. The molecule has 0 aliphatic carbocycles. The first-order valence-corrected chi connectivity index (χ1v) is 16.1. The second-order valence-corrected chi connectivity index (χ2v) is 12.5. The number of amides is 1. The summed E-state index contributed by atoms with van der Waals surface area (Å²) in [7, 11) is 3.16. The number of ether oxygens (including phenoxy) is 3. The number of benzene rings is 1. The van der Waals surface area contributed by atoms with Crippen molar-refractivity contribution in [3.8, 4) is 23.0 Å². The molecule has 1 amide bonds. The second-order valence-electron chi connectivity index (χ2n) is 12.5. The zero-order valence-electron chi connectivity index (χ0n) is 28.4. The number of anilines is 3. The fourth-order valence-electron chi connectivity index (χ4n) is 6.44. The lowest BCUT2D eigenvalue weighted by molar-refractivity contribution is -0.140. The van der Waals surface area contributed by atoms with E-state index in [1.165, 1.54) is 13.3 Å². The molecule has 4 aromatic rings. The smallest absolute Gasteiger partial charge is 0.315 e. The zero-order chi connectivity index (χ0) is 35.6. The summed E-state index contributed by atoms with van der Waals surface area (Å²) in [4.78, 5) is 46.9. The van der Waals surface area contributed by atoms with Crippen molar-refractivity contribution in [2.75, 3.05) is 55.6 Å². The summed E-state index contributed by atoms with van der Waals surface area (Å²) in [5.41, 5.74) is 2.40. The minimum absolute atomic E-state index is 0.0348. The van der Waals surface area contributed by atoms with Crippen molar-refractivity contribution in [3.63, 3.8) is 0 Å². The molecule has 3 aromatic heterocycles. The molecule has 50 heavy (non-hydrogen) atoms. The van der Waals surface area contributed by atoms with Crippen molar-refractivity contribution in [2.24, 2.45) is 0 Å². The van der Waals surface area contributed by atoms with Gasteiger partial charge in [-0.3, -0.25) is 14.5 Å². The zero-order valence-corrected chi connectivity index (χ0v) is 28.4. The van der Waals surface area contributed by atoms with Crippen LogP contribution in [0, 0.1) is 0 Å². The predicted octanol–water partition coefficient (Wildman–Crippen LogP) is 5.06. The fourth-order valence-corrected chi connectivity index (χ4v) is 6.44. The van der Waals surface area contributed by atoms with E-state index in [1.807, 2.05) is 26.0 Å². The molecule has 0 spiro atoms. The van der Waals surface area contributed by atoms with Crippen LogP contribution in [-0.2, 0) is 26.3 Å². The Labute approximate surface area is 287 Å². The van der Waals surface area contributed by atoms with Crippen molar-refractivity contribution in [1.82, 2.24) is 25.1 Å². The molecule has 14 nitrogen and oxygen atoms in total. The summed E-state index contributed by atoms with van der Waals surface area (Å²) < 4.78 is 47.0. The van der Waals surface area contributed by atoms with Crippen molar-refractivity contribution < 1.29 is 37.1 Å². The largest absolute Gasteiger partial charge is 0.497 e. The number of halogens is 2. The number of hydrogen-bond donors (Lipinski definition) is 1. The van der Waals surface area contributed by atoms with Crippen LogP contribution in [0.4, 0.5) is 26.1 Å². The standard InChI is InChI=1S/C34H38F2N8O6/c1-19(45)49-15-12-37-23-8-9-24(29-41-32(28(35)36)50-42-29)40-27(23)20-10-13-43(14-11-20)30-26-31(39-18-38-30)44(33(46)34(26,2)3)17-21-6-7-22(47-4)16-25(21)48-5/h6-9,16,18,20,28,37H,10-15,17H2,1-5H3. The normalized spacial score (nSPS) is 15.7. The minimum Gasteiger partial charge on any atom is -0.497 e. The maximum Gasteiger partial charge on any atom is 0.315 e. The van der Waals surface area contributed by atoms with Crippen LogP contribution in [0.5, 0.6) is 11.5 Å². The molecule has 2 aliphatic heterocycles. The van der Waals surface area contributed by atoms with Gasteiger partial charge in [-0.25, -0.2) is 15.0 Å². The van der Waals surface area contributed by atoms with Gasteiger partial charge in [0.25, 0.3) is 5.89 Å². The van der Waals surface area contributed by atoms with Gasteiger partial charge >= 0.3 is 12.4 Å². The highest BCUT2D eigenvalue weighted by molar-refractivity contribution is 6.08. The van der Waals surface area contributed by atoms with E-state index in [0.717, 1.165) is 16.8 Å². The summed E-state index contributed by atoms with van der Waals surface area (Å²) in [5.74, 6) is 1.18. The van der Waals surface area contributed by atoms with Gasteiger partial charge in [-0.2, -0.15) is 13.8 Å². The highest BCUT2D eigenvalue weighted by atomic mass is 19.3. The Hall–Kier alpha value is -5.41. The summed E-state index contributed by atoms with van der Waals surface area (Å²) in [6.45, 7) is 7.08. The third-order valence-corrected chi connectivity index (χ3v) is 8.98. The van der Waals surface area contributed by atoms with Crippen LogP contribution in [0.15, 0.2) is 41.2 Å². The van der Waals surface area contributed by atoms with E-state index in [1.54, 1.807) is 37.3 Å². The summed E-state index contributed by atoms with van der Waals surface area (Å²) >= 11 is 0. The Kier molecular flexibility index (Phi) is 9.79. The molecule has 5 heterocycles. The molecule has 2 aliphatic rings. The predicted molar refractivity (Wildman–Crippen MR) is 178 cm³/mol. The quantitative estimate of drug-likeness (QED) is 0.155. The number of pyridine rings is 1. The van der Waals surface area contributed by atoms with E-state index < -0.39 is 17.7 Å². The van der Waals surface area contributed by atoms with Crippen molar-refractivity contribution >= 4 is 29.2 Å². The van der Waals surface area contributed by atoms with E-state index in [4.69, 9.17) is 23.7 Å². The lowest BCUT2D eigenvalue weighted by Crippen LogP contribution is -2.38. The number of rotatable bonds is 12. The van der Waals surface area contributed by atoms with Crippen LogP contribution in [0.2, 0.25) is 0 Å². The molecule has 0 bridgehead atoms. The highest BCUT2D eigenvalue weighted by Gasteiger charge is 2.48. The third kappa shape index (κ3) is 6.73. The third-order valence-electron chi connectivity index (χ3n) is 8.98. The molecule has 1 fully saturated rings. The first kappa shape index (κ1) is 34.5. The molecule has 16 heteroatoms. The molecule has 0 unspecified atom stereocenters. The van der Waals surface area contributed by atoms with Gasteiger partial charge in [0.2, 0.25) is 11.7 Å². The highest BCUT2D eigenvalue weighted by Crippen LogP contribution is 2.47. The van der Waals surface area contributed by atoms with Gasteiger partial charge in [-0.1, -0.05) is 5.16 Å². The van der Waals surface area contributed by atoms with E-state index in [-0.39, 0.29) is 36.8 Å². The van der Waals surface area contributed by atoms with Crippen LogP contribution < -0.4 is 24.6 Å². The van der Waals surface area contributed by atoms with Gasteiger partial charge < -0.3 is 29.0 Å². The van der Waals surface area contributed by atoms with Gasteiger partial charge in [-0.15, -0.1) is 0 Å². The second kappa shape index (κ2) is 14.2. The molecule has 0 saturated carbocycles. The molecular weight excluding hydrogens is 654 g/mol. The van der Waals surface area contributed by atoms with Gasteiger partial charge in [0, 0.05) is 44.1 Å². The number of esters is 1. The van der Waals surface area contributed by atoms with Gasteiger partial charge in [0.05, 0.1) is 43.1 Å². The van der Waals surface area contributed by atoms with Gasteiger partial charge in [0.1, 0.15) is 41.8 Å². The average molecular weight is 693 g/mol. The van der Waals surface area contributed by atoms with Crippen LogP contribution in [0.1, 0.15) is 68.7 Å². The van der Waals surface area contributed by atoms with Crippen molar-refractivity contribution in [3.05, 3.63) is 59.4 Å². The first-order chi connectivity index (χ1) is 24.0. The molecule has 1 saturated heterocycles. The summed E-state index contributed by atoms with van der Waals surface area (Å²) in [6.07, 6.45) is -0.0715. The molecular formula is C34H38F2N8O6. The molecule has 264 valence electrons. The van der Waals surface area contributed by atoms with E-state index >= 15 is 0 Å². The molecule has 6 rings (SSSR count). The Balaban J connectivity index is 1.25. The Morgan fingerprint density at radius 2 is 1.84 bits per heavy atom. The summed E-state index contributed by atoms with van der Waals surface area (Å²) in [6, 6.07) is 8.90. The topological polar surface area (TPSA) is 158 Å². The number of methoxy groups -OCH3 is 2. The number of nitrogens with zero attached hydrogens (tertiary/aromatic N) is 7. The molecule has 0 radical (unpaired) electrons. The maximum absolute atomic E-state index is 13.9. The van der Waals surface area contributed by atoms with Gasteiger partial charge in [-0.05, 0) is 51.0 Å². The van der Waals surface area contributed by atoms with E-state index in [9.17, 15) is 18.4 Å². The maximum atomic E-state index is 13.9. The molecule has 1 aromatic carbocycles. The number of hydrogen-bond acceptors (Lipinski definition) is 13. The first-order valence-electron chi connectivity index (χ1n) is 16.1. The Morgan fingerprint density at radius 3 is 2.52 bits per heavy atom. The minimum atomic E-state index is -2.90. The lowest BCUT2D eigenvalue weighted by atomic mass is 9.86. The average Bonchev–Trinajstić information content (AvgIpc) is 3.69. The summed E-state index contributed by atoms with van der Waals surface area (Å²) in [5, 5.41) is 6.98. The number of alkyl halides is 2. The van der Waals surface area contributed by atoms with Crippen LogP contribution >= 0.6 is 0 Å². The number of fused-ring (bicyclic) bond motifs is 1. The fraction of sp³-hybridized carbons (Fsp3) is 0.441. The van der Waals surface area contributed by atoms with Crippen molar-refractivity contribution in [2.45, 2.75) is 57.9 Å². The molecule has 1 N–H and O–H groups in total. The number of nitrogens with one attached hydrogen (secondary N) is 1. The van der Waals surface area contributed by atoms with Gasteiger partial charge in [0.15, 0.2) is 0 Å². The number of carbonyl (C=O) groups excluding carboxylic acids is 2. The Morgan fingerprint density at radius 1 is 1.08 bits per heavy atom. The van der Waals surface area contributed by atoms with E-state index in [2.05, 4.69) is 30.3 Å². The van der Waals surface area contributed by atoms with Crippen LogP contribution in [-0.4, -0.2) is 77.4 Å². The lowest BCUT2D eigenvalue weighted by Gasteiger charge is -2.35. The number of piperidine rings is 1. The number of aromatic nitrogens is 5. The monoisotopic (exact) mass is 692 g/mol. The van der Waals surface area contributed by atoms with Crippen molar-refractivity contribution in [1.29, 1.82) is 0 Å². The Bertz CT molecular complexity index is 1880. The van der Waals surface area contributed by atoms with Crippen LogP contribution in [0.25, 0.3) is 11.5 Å².